The van der Waals surface area contributed by atoms with Gasteiger partial charge in [-0.1, -0.05) is 15.9 Å². The maximum Gasteiger partial charge on any atom is 0.186 e. The summed E-state index contributed by atoms with van der Waals surface area (Å²) < 4.78 is 6.31. The van der Waals surface area contributed by atoms with Gasteiger partial charge in [0.05, 0.1) is 6.54 Å². The first-order chi connectivity index (χ1) is 7.58. The van der Waals surface area contributed by atoms with Gasteiger partial charge in [-0.25, -0.2) is 0 Å². The van der Waals surface area contributed by atoms with E-state index in [-0.39, 0.29) is 19.1 Å². The fourth-order valence-electron chi connectivity index (χ4n) is 0.987. The summed E-state index contributed by atoms with van der Waals surface area (Å²) in [6.45, 7) is 0.289. The van der Waals surface area contributed by atoms with Crippen LogP contribution in [0.4, 0.5) is 0 Å². The second-order valence-corrected chi connectivity index (χ2v) is 4.10. The molecule has 0 saturated heterocycles. The average Bonchev–Trinajstić information content (AvgIpc) is 2.25. The van der Waals surface area contributed by atoms with Crippen molar-refractivity contribution in [1.29, 1.82) is 0 Å². The standard InChI is InChI=1S/C10H14BrN3O2/c11-7-1-3-9(4-2-7)16-6-8(15)5-14-10(12)13/h1-4,8,15H,5-6H2,(H4,12,13,14). The largest absolute Gasteiger partial charge is 0.491 e. The predicted octanol–water partition coefficient (Wildman–Crippen LogP) is 0.462. The van der Waals surface area contributed by atoms with Crippen LogP contribution < -0.4 is 16.2 Å². The number of aliphatic hydroxyl groups is 1. The van der Waals surface area contributed by atoms with Gasteiger partial charge in [-0.15, -0.1) is 0 Å². The van der Waals surface area contributed by atoms with E-state index in [0.717, 1.165) is 4.47 Å². The highest BCUT2D eigenvalue weighted by molar-refractivity contribution is 9.10. The molecule has 0 bridgehead atoms. The Kier molecular flexibility index (Phi) is 5.07. The van der Waals surface area contributed by atoms with Crippen molar-refractivity contribution in [1.82, 2.24) is 0 Å². The van der Waals surface area contributed by atoms with Crippen molar-refractivity contribution in [3.05, 3.63) is 28.7 Å². The van der Waals surface area contributed by atoms with Crippen LogP contribution in [-0.2, 0) is 0 Å². The van der Waals surface area contributed by atoms with Gasteiger partial charge < -0.3 is 21.3 Å². The molecule has 0 aliphatic carbocycles. The van der Waals surface area contributed by atoms with Crippen LogP contribution in [0.2, 0.25) is 0 Å². The van der Waals surface area contributed by atoms with E-state index < -0.39 is 6.10 Å². The summed E-state index contributed by atoms with van der Waals surface area (Å²) in [5, 5.41) is 9.46. The minimum atomic E-state index is -0.717. The zero-order chi connectivity index (χ0) is 12.0. The first-order valence-corrected chi connectivity index (χ1v) is 5.49. The van der Waals surface area contributed by atoms with E-state index in [0.29, 0.717) is 5.75 Å². The van der Waals surface area contributed by atoms with Crippen LogP contribution in [-0.4, -0.2) is 30.3 Å². The molecule has 0 aromatic heterocycles. The quantitative estimate of drug-likeness (QED) is 0.542. The number of hydrogen-bond acceptors (Lipinski definition) is 3. The summed E-state index contributed by atoms with van der Waals surface area (Å²) in [6, 6.07) is 7.32. The molecule has 0 aliphatic heterocycles. The smallest absolute Gasteiger partial charge is 0.186 e. The number of ether oxygens (including phenoxy) is 1. The lowest BCUT2D eigenvalue weighted by atomic mass is 10.3. The molecule has 1 aromatic rings. The summed E-state index contributed by atoms with van der Waals surface area (Å²) in [5.74, 6) is 0.648. The van der Waals surface area contributed by atoms with Crippen molar-refractivity contribution >= 4 is 21.9 Å². The second kappa shape index (κ2) is 6.34. The molecule has 1 atom stereocenters. The molecule has 1 rings (SSSR count). The number of aliphatic hydroxyl groups excluding tert-OH is 1. The second-order valence-electron chi connectivity index (χ2n) is 3.18. The maximum atomic E-state index is 9.46. The Morgan fingerprint density at radius 3 is 2.56 bits per heavy atom. The van der Waals surface area contributed by atoms with E-state index in [9.17, 15) is 5.11 Å². The van der Waals surface area contributed by atoms with Crippen LogP contribution in [0.25, 0.3) is 0 Å². The Labute approximate surface area is 102 Å². The van der Waals surface area contributed by atoms with E-state index in [1.807, 2.05) is 12.1 Å². The van der Waals surface area contributed by atoms with Crippen molar-refractivity contribution in [3.63, 3.8) is 0 Å². The third kappa shape index (κ3) is 4.99. The van der Waals surface area contributed by atoms with Gasteiger partial charge in [-0.3, -0.25) is 4.99 Å². The van der Waals surface area contributed by atoms with Gasteiger partial charge in [0.25, 0.3) is 0 Å². The van der Waals surface area contributed by atoms with Crippen LogP contribution in [0.1, 0.15) is 0 Å². The molecule has 6 heteroatoms. The molecule has 88 valence electrons. The average molecular weight is 288 g/mol. The first-order valence-electron chi connectivity index (χ1n) is 4.70. The first kappa shape index (κ1) is 12.8. The van der Waals surface area contributed by atoms with Crippen LogP contribution in [0, 0.1) is 0 Å². The van der Waals surface area contributed by atoms with Gasteiger partial charge in [0, 0.05) is 4.47 Å². The number of hydrogen-bond donors (Lipinski definition) is 3. The monoisotopic (exact) mass is 287 g/mol. The molecule has 5 N–H and O–H groups in total. The lowest BCUT2D eigenvalue weighted by Crippen LogP contribution is -2.27. The molecular formula is C10H14BrN3O2. The van der Waals surface area contributed by atoms with Crippen LogP contribution in [0.15, 0.2) is 33.7 Å². The Balaban J connectivity index is 2.34. The molecule has 0 saturated carbocycles. The molecular weight excluding hydrogens is 274 g/mol. The van der Waals surface area contributed by atoms with Gasteiger partial charge in [-0.2, -0.15) is 0 Å². The zero-order valence-electron chi connectivity index (χ0n) is 8.64. The van der Waals surface area contributed by atoms with Gasteiger partial charge in [0.15, 0.2) is 5.96 Å². The minimum absolute atomic E-state index is 0.0392. The SMILES string of the molecule is NC(N)=NCC(O)COc1ccc(Br)cc1. The summed E-state index contributed by atoms with van der Waals surface area (Å²) in [5.41, 5.74) is 10.3. The molecule has 1 aromatic carbocycles. The lowest BCUT2D eigenvalue weighted by Gasteiger charge is -2.10. The summed E-state index contributed by atoms with van der Waals surface area (Å²) in [4.78, 5) is 3.69. The maximum absolute atomic E-state index is 9.46. The molecule has 0 aliphatic rings. The molecule has 0 spiro atoms. The number of halogens is 1. The number of nitrogens with zero attached hydrogens (tertiary/aromatic N) is 1. The highest BCUT2D eigenvalue weighted by atomic mass is 79.9. The Bertz CT molecular complexity index is 350. The Morgan fingerprint density at radius 2 is 2.00 bits per heavy atom. The number of nitrogens with two attached hydrogens (primary N) is 2. The van der Waals surface area contributed by atoms with Crippen molar-refractivity contribution in [3.8, 4) is 5.75 Å². The van der Waals surface area contributed by atoms with Crippen molar-refractivity contribution < 1.29 is 9.84 Å². The Morgan fingerprint density at radius 1 is 1.38 bits per heavy atom. The van der Waals surface area contributed by atoms with E-state index in [1.54, 1.807) is 12.1 Å². The summed E-state index contributed by atoms with van der Waals surface area (Å²) in [6.07, 6.45) is -0.717. The van der Waals surface area contributed by atoms with Gasteiger partial charge in [0.1, 0.15) is 18.5 Å². The van der Waals surface area contributed by atoms with Crippen molar-refractivity contribution in [2.45, 2.75) is 6.10 Å². The molecule has 0 fully saturated rings. The zero-order valence-corrected chi connectivity index (χ0v) is 10.2. The predicted molar refractivity (Wildman–Crippen MR) is 66.3 cm³/mol. The normalized spacial score (nSPS) is 11.9. The highest BCUT2D eigenvalue weighted by Gasteiger charge is 2.04. The van der Waals surface area contributed by atoms with Crippen LogP contribution >= 0.6 is 15.9 Å². The third-order valence-electron chi connectivity index (χ3n) is 1.74. The van der Waals surface area contributed by atoms with Gasteiger partial charge in [-0.05, 0) is 24.3 Å². The molecule has 0 heterocycles. The van der Waals surface area contributed by atoms with Crippen molar-refractivity contribution in [2.75, 3.05) is 13.2 Å². The van der Waals surface area contributed by atoms with Crippen LogP contribution in [0.5, 0.6) is 5.75 Å². The van der Waals surface area contributed by atoms with Gasteiger partial charge >= 0.3 is 0 Å². The molecule has 16 heavy (non-hydrogen) atoms. The van der Waals surface area contributed by atoms with Gasteiger partial charge in [0.2, 0.25) is 0 Å². The number of guanidine groups is 1. The molecule has 5 nitrogen and oxygen atoms in total. The number of rotatable bonds is 5. The molecule has 1 unspecified atom stereocenters. The fraction of sp³-hybridized carbons (Fsp3) is 0.300. The van der Waals surface area contributed by atoms with Crippen LogP contribution in [0.3, 0.4) is 0 Å². The summed E-state index contributed by atoms with van der Waals surface area (Å²) >= 11 is 3.32. The molecule has 0 radical (unpaired) electrons. The van der Waals surface area contributed by atoms with E-state index >= 15 is 0 Å². The summed E-state index contributed by atoms with van der Waals surface area (Å²) in [7, 11) is 0. The minimum Gasteiger partial charge on any atom is -0.491 e. The topological polar surface area (TPSA) is 93.9 Å². The van der Waals surface area contributed by atoms with E-state index in [1.165, 1.54) is 0 Å². The lowest BCUT2D eigenvalue weighted by molar-refractivity contribution is 0.114. The Hall–Kier alpha value is -1.27. The van der Waals surface area contributed by atoms with E-state index in [4.69, 9.17) is 16.2 Å². The fourth-order valence-corrected chi connectivity index (χ4v) is 1.25. The van der Waals surface area contributed by atoms with Crippen molar-refractivity contribution in [2.24, 2.45) is 16.5 Å². The highest BCUT2D eigenvalue weighted by Crippen LogP contribution is 2.16. The van der Waals surface area contributed by atoms with E-state index in [2.05, 4.69) is 20.9 Å². The molecule has 0 amide bonds. The third-order valence-corrected chi connectivity index (χ3v) is 2.27. The number of aliphatic imine (C=N–C) groups is 1. The number of benzene rings is 1.